The fourth-order valence-corrected chi connectivity index (χ4v) is 2.56. The molecule has 1 aromatic carbocycles. The Labute approximate surface area is 107 Å². The van der Waals surface area contributed by atoms with Crippen LogP contribution in [0.2, 0.25) is 0 Å². The second kappa shape index (κ2) is 5.33. The normalized spacial score (nSPS) is 10.6. The highest BCUT2D eigenvalue weighted by Crippen LogP contribution is 2.31. The Morgan fingerprint density at radius 1 is 1.41 bits per heavy atom. The summed E-state index contributed by atoms with van der Waals surface area (Å²) in [6.07, 6.45) is 1.59. The van der Waals surface area contributed by atoms with E-state index in [0.717, 1.165) is 16.0 Å². The van der Waals surface area contributed by atoms with E-state index in [4.69, 9.17) is 11.6 Å². The fraction of sp³-hybridized carbons (Fsp3) is 0.182. The van der Waals surface area contributed by atoms with Crippen LogP contribution in [0.3, 0.4) is 0 Å². The van der Waals surface area contributed by atoms with E-state index in [9.17, 15) is 10.1 Å². The molecule has 0 aliphatic rings. The van der Waals surface area contributed by atoms with E-state index >= 15 is 0 Å². The second-order valence-electron chi connectivity index (χ2n) is 3.28. The third-order valence-electron chi connectivity index (χ3n) is 2.24. The van der Waals surface area contributed by atoms with Crippen molar-refractivity contribution in [2.24, 2.45) is 0 Å². The minimum atomic E-state index is -0.411. The maximum Gasteiger partial charge on any atom is 0.295 e. The summed E-state index contributed by atoms with van der Waals surface area (Å²) in [4.78, 5) is 15.5. The largest absolute Gasteiger partial charge is 0.295 e. The lowest BCUT2D eigenvalue weighted by molar-refractivity contribution is -0.383. The highest BCUT2D eigenvalue weighted by atomic mass is 35.5. The molecule has 0 bridgehead atoms. The van der Waals surface area contributed by atoms with Crippen LogP contribution in [0.5, 0.6) is 0 Å². The Kier molecular flexibility index (Phi) is 3.81. The van der Waals surface area contributed by atoms with Gasteiger partial charge in [-0.15, -0.1) is 23.4 Å². The monoisotopic (exact) mass is 268 g/mol. The number of non-ortho nitro benzene ring substituents is 1. The number of alkyl halides is 1. The summed E-state index contributed by atoms with van der Waals surface area (Å²) < 4.78 is 0. The van der Waals surface area contributed by atoms with Crippen LogP contribution in [-0.4, -0.2) is 21.5 Å². The standard InChI is InChI=1S/C11H9ClN2O2S/c12-5-7-17-10-4-6-13-11-8(10)2-1-3-9(11)14(15)16/h1-4,6H,5,7H2. The summed E-state index contributed by atoms with van der Waals surface area (Å²) in [7, 11) is 0. The first kappa shape index (κ1) is 12.1. The van der Waals surface area contributed by atoms with E-state index in [1.165, 1.54) is 6.07 Å². The van der Waals surface area contributed by atoms with Gasteiger partial charge in [-0.1, -0.05) is 12.1 Å². The molecule has 0 saturated heterocycles. The molecule has 0 aliphatic carbocycles. The molecule has 2 rings (SSSR count). The van der Waals surface area contributed by atoms with Gasteiger partial charge in [-0.25, -0.2) is 4.98 Å². The molecule has 0 radical (unpaired) electrons. The highest BCUT2D eigenvalue weighted by Gasteiger charge is 2.14. The number of rotatable bonds is 4. The molecule has 1 aromatic heterocycles. The zero-order valence-corrected chi connectivity index (χ0v) is 10.4. The first-order valence-corrected chi connectivity index (χ1v) is 6.47. The number of nitro benzene ring substituents is 1. The van der Waals surface area contributed by atoms with Crippen LogP contribution in [0.4, 0.5) is 5.69 Å². The topological polar surface area (TPSA) is 56.0 Å². The van der Waals surface area contributed by atoms with Crippen molar-refractivity contribution in [1.29, 1.82) is 0 Å². The van der Waals surface area contributed by atoms with Gasteiger partial charge in [-0.3, -0.25) is 10.1 Å². The van der Waals surface area contributed by atoms with Crippen LogP contribution in [0.25, 0.3) is 10.9 Å². The van der Waals surface area contributed by atoms with Crippen molar-refractivity contribution in [2.75, 3.05) is 11.6 Å². The Morgan fingerprint density at radius 2 is 2.24 bits per heavy atom. The van der Waals surface area contributed by atoms with Gasteiger partial charge in [0.25, 0.3) is 5.69 Å². The number of benzene rings is 1. The third-order valence-corrected chi connectivity index (χ3v) is 3.73. The summed E-state index contributed by atoms with van der Waals surface area (Å²) in [5.74, 6) is 1.31. The van der Waals surface area contributed by atoms with Crippen LogP contribution in [0.1, 0.15) is 0 Å². The molecule has 88 valence electrons. The highest BCUT2D eigenvalue weighted by molar-refractivity contribution is 7.99. The lowest BCUT2D eigenvalue weighted by Crippen LogP contribution is -1.92. The van der Waals surface area contributed by atoms with Gasteiger partial charge in [0, 0.05) is 34.2 Å². The van der Waals surface area contributed by atoms with Crippen molar-refractivity contribution in [3.05, 3.63) is 40.6 Å². The molecular weight excluding hydrogens is 260 g/mol. The predicted octanol–water partition coefficient (Wildman–Crippen LogP) is 3.47. The number of para-hydroxylation sites is 1. The van der Waals surface area contributed by atoms with Gasteiger partial charge in [0.15, 0.2) is 0 Å². The third kappa shape index (κ3) is 2.50. The van der Waals surface area contributed by atoms with Crippen molar-refractivity contribution in [3.8, 4) is 0 Å². The molecule has 6 heteroatoms. The molecule has 0 N–H and O–H groups in total. The molecule has 0 unspecified atom stereocenters. The number of nitro groups is 1. The summed E-state index contributed by atoms with van der Waals surface area (Å²) >= 11 is 7.22. The SMILES string of the molecule is O=[N+]([O-])c1cccc2c(SCCCl)ccnc12. The van der Waals surface area contributed by atoms with Crippen molar-refractivity contribution in [1.82, 2.24) is 4.98 Å². The van der Waals surface area contributed by atoms with Crippen LogP contribution in [0.15, 0.2) is 35.4 Å². The van der Waals surface area contributed by atoms with E-state index in [1.807, 2.05) is 12.1 Å². The predicted molar refractivity (Wildman–Crippen MR) is 69.8 cm³/mol. The zero-order valence-electron chi connectivity index (χ0n) is 8.80. The Morgan fingerprint density at radius 3 is 2.94 bits per heavy atom. The summed E-state index contributed by atoms with van der Waals surface area (Å²) in [6, 6.07) is 6.83. The van der Waals surface area contributed by atoms with Gasteiger partial charge >= 0.3 is 0 Å². The second-order valence-corrected chi connectivity index (χ2v) is 4.79. The quantitative estimate of drug-likeness (QED) is 0.369. The molecule has 0 fully saturated rings. The minimum absolute atomic E-state index is 0.0378. The first-order chi connectivity index (χ1) is 8.24. The van der Waals surface area contributed by atoms with Gasteiger partial charge in [0.2, 0.25) is 0 Å². The summed E-state index contributed by atoms with van der Waals surface area (Å²) in [6.45, 7) is 0. The number of aromatic nitrogens is 1. The van der Waals surface area contributed by atoms with Crippen LogP contribution >= 0.6 is 23.4 Å². The number of pyridine rings is 1. The maximum absolute atomic E-state index is 10.9. The van der Waals surface area contributed by atoms with Crippen molar-refractivity contribution < 1.29 is 4.92 Å². The van der Waals surface area contributed by atoms with Crippen LogP contribution in [0, 0.1) is 10.1 Å². The number of thioether (sulfide) groups is 1. The van der Waals surface area contributed by atoms with Gasteiger partial charge in [-0.2, -0.15) is 0 Å². The Hall–Kier alpha value is -1.33. The van der Waals surface area contributed by atoms with Gasteiger partial charge in [0.1, 0.15) is 5.52 Å². The van der Waals surface area contributed by atoms with E-state index in [-0.39, 0.29) is 5.69 Å². The number of halogens is 1. The molecule has 4 nitrogen and oxygen atoms in total. The van der Waals surface area contributed by atoms with Crippen molar-refractivity contribution in [3.63, 3.8) is 0 Å². The molecule has 17 heavy (non-hydrogen) atoms. The molecule has 0 spiro atoms. The van der Waals surface area contributed by atoms with Gasteiger partial charge in [-0.05, 0) is 6.07 Å². The minimum Gasteiger partial charge on any atom is -0.258 e. The molecule has 2 aromatic rings. The summed E-state index contributed by atoms with van der Waals surface area (Å²) in [5, 5.41) is 11.7. The van der Waals surface area contributed by atoms with E-state index < -0.39 is 4.92 Å². The number of hydrogen-bond donors (Lipinski definition) is 0. The molecule has 0 saturated carbocycles. The average molecular weight is 269 g/mol. The Bertz CT molecular complexity index is 562. The smallest absolute Gasteiger partial charge is 0.258 e. The van der Waals surface area contributed by atoms with Gasteiger partial charge in [0.05, 0.1) is 4.92 Å². The number of fused-ring (bicyclic) bond motifs is 1. The molecule has 1 heterocycles. The lowest BCUT2D eigenvalue weighted by atomic mass is 10.2. The lowest BCUT2D eigenvalue weighted by Gasteiger charge is -2.04. The average Bonchev–Trinajstić information content (AvgIpc) is 2.35. The van der Waals surface area contributed by atoms with E-state index in [1.54, 1.807) is 24.0 Å². The maximum atomic E-state index is 10.9. The van der Waals surface area contributed by atoms with Crippen LogP contribution < -0.4 is 0 Å². The van der Waals surface area contributed by atoms with Crippen molar-refractivity contribution >= 4 is 40.0 Å². The zero-order chi connectivity index (χ0) is 12.3. The van der Waals surface area contributed by atoms with Crippen molar-refractivity contribution in [2.45, 2.75) is 4.90 Å². The molecule has 0 amide bonds. The number of nitrogens with zero attached hydrogens (tertiary/aromatic N) is 2. The van der Waals surface area contributed by atoms with Crippen LogP contribution in [-0.2, 0) is 0 Å². The van der Waals surface area contributed by atoms with E-state index in [0.29, 0.717) is 11.4 Å². The Balaban J connectivity index is 2.57. The number of hydrogen-bond acceptors (Lipinski definition) is 4. The molecule has 0 atom stereocenters. The summed E-state index contributed by atoms with van der Waals surface area (Å²) in [5.41, 5.74) is 0.466. The fourth-order valence-electron chi connectivity index (χ4n) is 1.56. The molecule has 0 aliphatic heterocycles. The molecular formula is C11H9ClN2O2S. The van der Waals surface area contributed by atoms with E-state index in [2.05, 4.69) is 4.98 Å². The first-order valence-electron chi connectivity index (χ1n) is 4.95. The van der Waals surface area contributed by atoms with Gasteiger partial charge < -0.3 is 0 Å².